The summed E-state index contributed by atoms with van der Waals surface area (Å²) in [6.45, 7) is 2.86. The maximum Gasteiger partial charge on any atom is 0.521 e. The van der Waals surface area contributed by atoms with Crippen LogP contribution in [0.3, 0.4) is 0 Å². The van der Waals surface area contributed by atoms with Crippen molar-refractivity contribution < 1.29 is 18.9 Å². The van der Waals surface area contributed by atoms with Crippen LogP contribution in [0.15, 0.2) is 0 Å². The lowest BCUT2D eigenvalue weighted by Crippen LogP contribution is -2.39. The van der Waals surface area contributed by atoms with E-state index >= 15 is 0 Å². The van der Waals surface area contributed by atoms with Gasteiger partial charge in [0.05, 0.1) is 0 Å². The third-order valence-electron chi connectivity index (χ3n) is 2.27. The molecule has 8 nitrogen and oxygen atoms in total. The third-order valence-corrected chi connectivity index (χ3v) is 3.55. The van der Waals surface area contributed by atoms with Crippen LogP contribution in [0.25, 0.3) is 0 Å². The van der Waals surface area contributed by atoms with Crippen LogP contribution in [0.4, 0.5) is 0 Å². The van der Waals surface area contributed by atoms with Crippen molar-refractivity contribution in [1.29, 1.82) is 0 Å². The van der Waals surface area contributed by atoms with E-state index in [9.17, 15) is 9.13 Å². The number of hydrogen-bond donors (Lipinski definition) is 4. The van der Waals surface area contributed by atoms with E-state index in [0.29, 0.717) is 39.3 Å². The summed E-state index contributed by atoms with van der Waals surface area (Å²) >= 11 is 0. The zero-order valence-corrected chi connectivity index (χ0v) is 12.1. The highest BCUT2D eigenvalue weighted by Crippen LogP contribution is 2.16. The minimum Gasteiger partial charge on any atom is -0.329 e. The Kier molecular flexibility index (Phi) is 10.8. The van der Waals surface area contributed by atoms with Gasteiger partial charge in [-0.3, -0.25) is 9.80 Å². The average molecular weight is 300 g/mol. The van der Waals surface area contributed by atoms with Gasteiger partial charge in [0.25, 0.3) is 0 Å². The molecule has 0 saturated carbocycles. The van der Waals surface area contributed by atoms with Gasteiger partial charge in [-0.15, -0.1) is 0 Å². The molecule has 0 aliphatic carbocycles. The molecule has 0 fully saturated rings. The summed E-state index contributed by atoms with van der Waals surface area (Å²) in [4.78, 5) is 21.3. The molecule has 0 rings (SSSR count). The van der Waals surface area contributed by atoms with Crippen molar-refractivity contribution in [3.8, 4) is 0 Å². The minimum atomic E-state index is -2.24. The molecule has 2 atom stereocenters. The molecule has 106 valence electrons. The standard InChI is InChI=1S/C8H20N4O4P2/c9-1-3-11(7-17(13)14)5-6-12(4-2-10)8-18(15)16/h1-10H2/p+2. The average Bonchev–Trinajstić information content (AvgIpc) is 2.24. The van der Waals surface area contributed by atoms with E-state index in [4.69, 9.17) is 21.3 Å². The molecule has 6 N–H and O–H groups in total. The normalized spacial score (nSPS) is 13.2. The second kappa shape index (κ2) is 10.8. The van der Waals surface area contributed by atoms with E-state index < -0.39 is 16.1 Å². The minimum absolute atomic E-state index is 0.0638. The third kappa shape index (κ3) is 9.94. The highest BCUT2D eigenvalue weighted by Gasteiger charge is 2.21. The zero-order chi connectivity index (χ0) is 14.0. The second-order valence-electron chi connectivity index (χ2n) is 3.80. The molecule has 0 heterocycles. The monoisotopic (exact) mass is 300 g/mol. The molecule has 0 aromatic carbocycles. The van der Waals surface area contributed by atoms with Gasteiger partial charge in [0.1, 0.15) is 0 Å². The van der Waals surface area contributed by atoms with Crippen molar-refractivity contribution >= 4 is 16.1 Å². The quantitative estimate of drug-likeness (QED) is 0.353. The molecule has 0 spiro atoms. The molecule has 10 heteroatoms. The van der Waals surface area contributed by atoms with Gasteiger partial charge in [-0.2, -0.15) is 9.79 Å². The van der Waals surface area contributed by atoms with Gasteiger partial charge >= 0.3 is 16.1 Å². The Bertz CT molecular complexity index is 243. The fourth-order valence-corrected chi connectivity index (χ4v) is 2.75. The van der Waals surface area contributed by atoms with E-state index in [2.05, 4.69) is 0 Å². The molecular formula is C8H22N4O4P2+2. The maximum absolute atomic E-state index is 10.8. The first-order chi connectivity index (χ1) is 8.49. The first-order valence-corrected chi connectivity index (χ1v) is 8.41. The maximum atomic E-state index is 10.8. The molecule has 0 aliphatic rings. The SMILES string of the molecule is NCCN(CCN(CCN)C[P+](=O)O)C[P+](=O)O. The van der Waals surface area contributed by atoms with Gasteiger partial charge in [-0.05, 0) is 9.13 Å². The van der Waals surface area contributed by atoms with Crippen molar-refractivity contribution in [1.82, 2.24) is 9.80 Å². The van der Waals surface area contributed by atoms with Crippen LogP contribution in [-0.2, 0) is 9.13 Å². The summed E-state index contributed by atoms with van der Waals surface area (Å²) < 4.78 is 21.6. The smallest absolute Gasteiger partial charge is 0.329 e. The number of hydrogen-bond acceptors (Lipinski definition) is 6. The Morgan fingerprint density at radius 3 is 1.33 bits per heavy atom. The second-order valence-corrected chi connectivity index (χ2v) is 5.77. The lowest BCUT2D eigenvalue weighted by atomic mass is 10.4. The van der Waals surface area contributed by atoms with Crippen molar-refractivity contribution in [3.63, 3.8) is 0 Å². The molecule has 0 aromatic rings. The largest absolute Gasteiger partial charge is 0.521 e. The van der Waals surface area contributed by atoms with Gasteiger partial charge in [-0.1, -0.05) is 0 Å². The van der Waals surface area contributed by atoms with E-state index in [1.807, 2.05) is 0 Å². The Morgan fingerprint density at radius 1 is 0.778 bits per heavy atom. The molecule has 0 radical (unpaired) electrons. The van der Waals surface area contributed by atoms with Crippen LogP contribution >= 0.6 is 16.1 Å². The van der Waals surface area contributed by atoms with Crippen LogP contribution in [0, 0.1) is 0 Å². The molecule has 2 unspecified atom stereocenters. The van der Waals surface area contributed by atoms with E-state index in [-0.39, 0.29) is 12.6 Å². The van der Waals surface area contributed by atoms with Gasteiger partial charge in [0, 0.05) is 39.3 Å². The highest BCUT2D eigenvalue weighted by atomic mass is 31.1. The molecular weight excluding hydrogens is 278 g/mol. The first kappa shape index (κ1) is 18.0. The lowest BCUT2D eigenvalue weighted by molar-refractivity contribution is 0.240. The Labute approximate surface area is 109 Å². The van der Waals surface area contributed by atoms with Crippen molar-refractivity contribution in [2.75, 3.05) is 51.8 Å². The summed E-state index contributed by atoms with van der Waals surface area (Å²) in [5.41, 5.74) is 10.8. The number of nitrogens with two attached hydrogens (primary N) is 2. The predicted octanol–water partition coefficient (Wildman–Crippen LogP) is -1.11. The van der Waals surface area contributed by atoms with Gasteiger partial charge < -0.3 is 11.5 Å². The fraction of sp³-hybridized carbons (Fsp3) is 1.00. The number of nitrogens with zero attached hydrogens (tertiary/aromatic N) is 2. The number of rotatable bonds is 11. The molecule has 0 aliphatic heterocycles. The molecule has 0 aromatic heterocycles. The van der Waals surface area contributed by atoms with E-state index in [1.165, 1.54) is 0 Å². The Hall–Kier alpha value is -0.0400. The summed E-state index contributed by atoms with van der Waals surface area (Å²) in [7, 11) is -4.47. The van der Waals surface area contributed by atoms with Gasteiger partial charge in [0.15, 0.2) is 0 Å². The Morgan fingerprint density at radius 2 is 1.11 bits per heavy atom. The summed E-state index contributed by atoms with van der Waals surface area (Å²) in [5.74, 6) is 0. The topological polar surface area (TPSA) is 133 Å². The van der Waals surface area contributed by atoms with Crippen LogP contribution in [-0.4, -0.2) is 71.4 Å². The first-order valence-electron chi connectivity index (χ1n) is 5.61. The van der Waals surface area contributed by atoms with Crippen molar-refractivity contribution in [2.45, 2.75) is 0 Å². The predicted molar refractivity (Wildman–Crippen MR) is 70.6 cm³/mol. The van der Waals surface area contributed by atoms with E-state index in [0.717, 1.165) is 0 Å². The molecule has 0 saturated heterocycles. The van der Waals surface area contributed by atoms with E-state index in [1.54, 1.807) is 9.80 Å². The van der Waals surface area contributed by atoms with Crippen LogP contribution in [0.1, 0.15) is 0 Å². The summed E-state index contributed by atoms with van der Waals surface area (Å²) in [6.07, 6.45) is 0.128. The van der Waals surface area contributed by atoms with Crippen molar-refractivity contribution in [3.05, 3.63) is 0 Å². The van der Waals surface area contributed by atoms with Crippen LogP contribution < -0.4 is 11.5 Å². The van der Waals surface area contributed by atoms with Gasteiger partial charge in [-0.25, -0.2) is 0 Å². The molecule has 0 amide bonds. The summed E-state index contributed by atoms with van der Waals surface area (Å²) in [6, 6.07) is 0. The molecule has 18 heavy (non-hydrogen) atoms. The lowest BCUT2D eigenvalue weighted by Gasteiger charge is -2.21. The fourth-order valence-electron chi connectivity index (χ4n) is 1.50. The Balaban J connectivity index is 4.16. The van der Waals surface area contributed by atoms with Crippen LogP contribution in [0.5, 0.6) is 0 Å². The highest BCUT2D eigenvalue weighted by molar-refractivity contribution is 7.38. The zero-order valence-electron chi connectivity index (χ0n) is 10.3. The van der Waals surface area contributed by atoms with Crippen LogP contribution in [0.2, 0.25) is 0 Å². The summed E-state index contributed by atoms with van der Waals surface area (Å²) in [5, 5.41) is 0. The van der Waals surface area contributed by atoms with Gasteiger partial charge in [0.2, 0.25) is 12.6 Å². The van der Waals surface area contributed by atoms with Crippen molar-refractivity contribution in [2.24, 2.45) is 11.5 Å². The molecule has 0 bridgehead atoms.